The maximum atomic E-state index is 12.0. The summed E-state index contributed by atoms with van der Waals surface area (Å²) in [7, 11) is 1.52. The molecule has 0 fully saturated rings. The van der Waals surface area contributed by atoms with Crippen LogP contribution >= 0.6 is 0 Å². The molecule has 0 saturated carbocycles. The molecule has 0 N–H and O–H groups in total. The fraction of sp³-hybridized carbons (Fsp3) is 0.143. The molecule has 9 heteroatoms. The van der Waals surface area contributed by atoms with Crippen LogP contribution in [-0.4, -0.2) is 24.9 Å². The monoisotopic (exact) mass is 384 g/mol. The number of ether oxygens (including phenoxy) is 1. The van der Waals surface area contributed by atoms with Crippen LogP contribution in [0.15, 0.2) is 35.3 Å². The van der Waals surface area contributed by atoms with Crippen molar-refractivity contribution in [1.82, 2.24) is 30.0 Å². The number of hydrogen-bond acceptors (Lipinski definition) is 5. The molecule has 113 valence electrons. The first kappa shape index (κ1) is 17.1. The van der Waals surface area contributed by atoms with E-state index >= 15 is 0 Å². The zero-order valence-electron chi connectivity index (χ0n) is 12.2. The predicted molar refractivity (Wildman–Crippen MR) is 76.4 cm³/mol. The summed E-state index contributed by atoms with van der Waals surface area (Å²) in [5.41, 5.74) is 1.40. The Hall–Kier alpha value is -2.24. The Bertz CT molecular complexity index is 891. The third-order valence-corrected chi connectivity index (χ3v) is 3.06. The molecule has 0 amide bonds. The quantitative estimate of drug-likeness (QED) is 0.583. The van der Waals surface area contributed by atoms with Crippen LogP contribution in [0.1, 0.15) is 11.1 Å². The Morgan fingerprint density at radius 3 is 2.78 bits per heavy atom. The summed E-state index contributed by atoms with van der Waals surface area (Å²) in [6.07, 6.45) is 7.05. The summed E-state index contributed by atoms with van der Waals surface area (Å²) < 4.78 is 7.86. The van der Waals surface area contributed by atoms with Gasteiger partial charge in [-0.2, -0.15) is 15.6 Å². The first-order chi connectivity index (χ1) is 10.7. The first-order valence-electron chi connectivity index (χ1n) is 6.36. The van der Waals surface area contributed by atoms with E-state index in [1.54, 1.807) is 24.3 Å². The van der Waals surface area contributed by atoms with E-state index in [0.717, 1.165) is 4.68 Å². The topological polar surface area (TPSA) is 88.9 Å². The van der Waals surface area contributed by atoms with Gasteiger partial charge < -0.3 is 14.9 Å². The number of tetrazole rings is 1. The van der Waals surface area contributed by atoms with E-state index in [4.69, 9.17) is 11.2 Å². The molecule has 0 spiro atoms. The smallest absolute Gasteiger partial charge is 0.368 e. The average Bonchev–Trinajstić information content (AvgIpc) is 3.16. The second-order valence-electron chi connectivity index (χ2n) is 4.40. The van der Waals surface area contributed by atoms with E-state index in [0.29, 0.717) is 22.7 Å². The van der Waals surface area contributed by atoms with E-state index in [2.05, 4.69) is 26.5 Å². The zero-order valence-corrected chi connectivity index (χ0v) is 15.1. The van der Waals surface area contributed by atoms with Gasteiger partial charge in [-0.25, -0.2) is 4.79 Å². The molecule has 0 atom stereocenters. The summed E-state index contributed by atoms with van der Waals surface area (Å²) in [6.45, 7) is 0.136. The maximum absolute atomic E-state index is 12.0. The van der Waals surface area contributed by atoms with Gasteiger partial charge in [0.15, 0.2) is 5.88 Å². The van der Waals surface area contributed by atoms with E-state index in [1.807, 2.05) is 0 Å². The van der Waals surface area contributed by atoms with Crippen LogP contribution in [0.3, 0.4) is 0 Å². The van der Waals surface area contributed by atoms with Crippen molar-refractivity contribution in [3.05, 3.63) is 52.1 Å². The molecule has 0 bridgehead atoms. The standard InChI is InChI=1S/C14H11N6O2.Y/c1-3-10-5-4-6-12(20-14(21)19(2)17-18-20)11(10)9-22-13-7-8-15-16-13;/h1,4-8H,9H2,2H3;/q-1;. The second-order valence-corrected chi connectivity index (χ2v) is 4.40. The van der Waals surface area contributed by atoms with Crippen molar-refractivity contribution in [3.8, 4) is 23.9 Å². The van der Waals surface area contributed by atoms with Crippen LogP contribution in [-0.2, 0) is 46.4 Å². The van der Waals surface area contributed by atoms with Crippen LogP contribution in [0.5, 0.6) is 5.88 Å². The molecule has 0 saturated heterocycles. The average molecular weight is 384 g/mol. The van der Waals surface area contributed by atoms with Gasteiger partial charge in [-0.1, -0.05) is 12.0 Å². The number of benzene rings is 1. The van der Waals surface area contributed by atoms with Gasteiger partial charge in [0.05, 0.1) is 5.69 Å². The van der Waals surface area contributed by atoms with Gasteiger partial charge in [-0.05, 0) is 28.6 Å². The van der Waals surface area contributed by atoms with Gasteiger partial charge in [0, 0.05) is 50.9 Å². The largest absolute Gasteiger partial charge is 0.579 e. The van der Waals surface area contributed by atoms with Gasteiger partial charge in [0.2, 0.25) is 0 Å². The molecule has 2 aromatic heterocycles. The molecule has 8 nitrogen and oxygen atoms in total. The Balaban J connectivity index is 0.00000192. The van der Waals surface area contributed by atoms with Gasteiger partial charge in [-0.3, -0.25) is 0 Å². The van der Waals surface area contributed by atoms with E-state index in [1.165, 1.54) is 17.9 Å². The summed E-state index contributed by atoms with van der Waals surface area (Å²) in [5.74, 6) is 2.95. The Morgan fingerprint density at radius 1 is 1.35 bits per heavy atom. The van der Waals surface area contributed by atoms with Crippen LogP contribution in [0.4, 0.5) is 0 Å². The molecule has 1 radical (unpaired) electrons. The molecular weight excluding hydrogens is 373 g/mol. The maximum Gasteiger partial charge on any atom is 0.368 e. The van der Waals surface area contributed by atoms with Gasteiger partial charge in [-0.15, -0.1) is 6.42 Å². The van der Waals surface area contributed by atoms with Gasteiger partial charge in [0.1, 0.15) is 6.61 Å². The van der Waals surface area contributed by atoms with Crippen molar-refractivity contribution in [2.75, 3.05) is 0 Å². The molecule has 0 aliphatic rings. The van der Waals surface area contributed by atoms with E-state index < -0.39 is 0 Å². The number of rotatable bonds is 4. The summed E-state index contributed by atoms with van der Waals surface area (Å²) in [6, 6.07) is 6.87. The zero-order chi connectivity index (χ0) is 15.5. The minimum absolute atomic E-state index is 0. The van der Waals surface area contributed by atoms with Crippen molar-refractivity contribution < 1.29 is 37.4 Å². The summed E-state index contributed by atoms with van der Waals surface area (Å²) in [4.78, 5) is 12.0. The Labute approximate surface area is 156 Å². The molecule has 0 aliphatic carbocycles. The van der Waals surface area contributed by atoms with E-state index in [-0.39, 0.29) is 45.0 Å². The molecule has 23 heavy (non-hydrogen) atoms. The Morgan fingerprint density at radius 2 is 2.17 bits per heavy atom. The van der Waals surface area contributed by atoms with Crippen molar-refractivity contribution in [1.29, 1.82) is 0 Å². The number of aromatic nitrogens is 6. The van der Waals surface area contributed by atoms with E-state index in [9.17, 15) is 4.79 Å². The minimum atomic E-state index is -0.372. The molecule has 0 unspecified atom stereocenters. The van der Waals surface area contributed by atoms with Crippen LogP contribution in [0, 0.1) is 12.3 Å². The van der Waals surface area contributed by atoms with Gasteiger partial charge >= 0.3 is 5.69 Å². The van der Waals surface area contributed by atoms with Crippen molar-refractivity contribution in [2.45, 2.75) is 6.61 Å². The second kappa shape index (κ2) is 7.35. The van der Waals surface area contributed by atoms with Crippen LogP contribution < -0.4 is 15.5 Å². The number of terminal acetylenes is 1. The summed E-state index contributed by atoms with van der Waals surface area (Å²) in [5, 5.41) is 15.0. The predicted octanol–water partition coefficient (Wildman–Crippen LogP) is -0.124. The van der Waals surface area contributed by atoms with Crippen molar-refractivity contribution in [3.63, 3.8) is 0 Å². The fourth-order valence-corrected chi connectivity index (χ4v) is 1.97. The van der Waals surface area contributed by atoms with Gasteiger partial charge in [0.25, 0.3) is 0 Å². The molecule has 1 aromatic carbocycles. The third kappa shape index (κ3) is 3.41. The summed E-state index contributed by atoms with van der Waals surface area (Å²) >= 11 is 0. The molecule has 2 heterocycles. The normalized spacial score (nSPS) is 9.91. The van der Waals surface area contributed by atoms with Crippen molar-refractivity contribution in [2.24, 2.45) is 7.05 Å². The number of nitrogens with zero attached hydrogens (tertiary/aromatic N) is 6. The molecule has 3 rings (SSSR count). The fourth-order valence-electron chi connectivity index (χ4n) is 1.97. The molecule has 3 aromatic rings. The van der Waals surface area contributed by atoms with Crippen molar-refractivity contribution >= 4 is 0 Å². The number of hydrogen-bond donors (Lipinski definition) is 0. The SMILES string of the molecule is C#Cc1cccc(-n2nnn(C)c2=O)c1COc1cc[n-]n1.[Y]. The minimum Gasteiger partial charge on any atom is -0.579 e. The third-order valence-electron chi connectivity index (χ3n) is 3.06. The first-order valence-corrected chi connectivity index (χ1v) is 6.36. The van der Waals surface area contributed by atoms with Crippen LogP contribution in [0.25, 0.3) is 5.69 Å². The molecular formula is C14H11N6O2Y-. The van der Waals surface area contributed by atoms with Crippen LogP contribution in [0.2, 0.25) is 0 Å². The Kier molecular flexibility index (Phi) is 5.47. The number of aryl methyl sites for hydroxylation is 1. The molecule has 0 aliphatic heterocycles.